The van der Waals surface area contributed by atoms with E-state index in [4.69, 9.17) is 14.2 Å². The van der Waals surface area contributed by atoms with E-state index in [0.29, 0.717) is 6.42 Å². The van der Waals surface area contributed by atoms with Gasteiger partial charge in [0, 0.05) is 6.42 Å². The Morgan fingerprint density at radius 3 is 2.64 bits per heavy atom. The smallest absolute Gasteiger partial charge is 0.189 e. The highest BCUT2D eigenvalue weighted by Crippen LogP contribution is 2.46. The van der Waals surface area contributed by atoms with E-state index in [1.807, 2.05) is 18.5 Å². The van der Waals surface area contributed by atoms with Crippen LogP contribution in [-0.4, -0.2) is 58.6 Å². The summed E-state index contributed by atoms with van der Waals surface area (Å²) in [7, 11) is -1.61. The van der Waals surface area contributed by atoms with Crippen LogP contribution in [0.1, 0.15) is 25.6 Å². The number of hydrogen-bond donors (Lipinski definition) is 1. The largest absolute Gasteiger partial charge is 0.390 e. The van der Waals surface area contributed by atoms with Crippen molar-refractivity contribution in [3.8, 4) is 0 Å². The summed E-state index contributed by atoms with van der Waals surface area (Å²) in [6.45, 7) is 10.5. The molecule has 0 spiro atoms. The Hall–Kier alpha value is -0.803. The Morgan fingerprint density at radius 2 is 1.95 bits per heavy atom. The fourth-order valence-corrected chi connectivity index (χ4v) is 5.18. The van der Waals surface area contributed by atoms with Gasteiger partial charge in [-0.2, -0.15) is 0 Å². The third kappa shape index (κ3) is 2.01. The van der Waals surface area contributed by atoms with E-state index in [9.17, 15) is 5.11 Å². The van der Waals surface area contributed by atoms with Gasteiger partial charge in [0.1, 0.15) is 26.3 Å². The predicted octanol–water partition coefficient (Wildman–Crippen LogP) is 0.158. The summed E-state index contributed by atoms with van der Waals surface area (Å²) in [5.41, 5.74) is 1.03. The van der Waals surface area contributed by atoms with Crippen LogP contribution in [0.5, 0.6) is 0 Å². The van der Waals surface area contributed by atoms with Crippen LogP contribution in [0, 0.1) is 0 Å². The molecule has 22 heavy (non-hydrogen) atoms. The lowest BCUT2D eigenvalue weighted by atomic mass is 9.95. The number of hydrogen-bond acceptors (Lipinski definition) is 6. The molecule has 0 amide bonds. The lowest BCUT2D eigenvalue weighted by Gasteiger charge is -2.34. The highest BCUT2D eigenvalue weighted by Gasteiger charge is 2.59. The lowest BCUT2D eigenvalue weighted by Crippen LogP contribution is -2.48. The average molecular weight is 325 g/mol. The van der Waals surface area contributed by atoms with Crippen molar-refractivity contribution in [1.82, 2.24) is 15.0 Å². The summed E-state index contributed by atoms with van der Waals surface area (Å²) in [4.78, 5) is 0. The van der Waals surface area contributed by atoms with Crippen molar-refractivity contribution in [2.75, 3.05) is 0 Å². The van der Waals surface area contributed by atoms with Gasteiger partial charge in [-0.1, -0.05) is 24.9 Å². The zero-order chi connectivity index (χ0) is 15.9. The van der Waals surface area contributed by atoms with Gasteiger partial charge in [-0.3, -0.25) is 0 Å². The van der Waals surface area contributed by atoms with Gasteiger partial charge in [0.05, 0.1) is 17.1 Å². The van der Waals surface area contributed by atoms with Crippen molar-refractivity contribution in [2.24, 2.45) is 0 Å². The summed E-state index contributed by atoms with van der Waals surface area (Å²) in [6.07, 6.45) is -1.12. The van der Waals surface area contributed by atoms with Crippen LogP contribution >= 0.6 is 0 Å². The molecule has 122 valence electrons. The Kier molecular flexibility index (Phi) is 2.94. The van der Waals surface area contributed by atoms with Crippen LogP contribution in [0.2, 0.25) is 19.6 Å². The van der Waals surface area contributed by atoms with E-state index in [0.717, 1.165) is 11.0 Å². The van der Waals surface area contributed by atoms with E-state index in [1.165, 1.54) is 0 Å². The summed E-state index contributed by atoms with van der Waals surface area (Å²) in [5, 5.41) is 20.4. The predicted molar refractivity (Wildman–Crippen MR) is 80.4 cm³/mol. The normalized spacial score (nSPS) is 39.5. The first kappa shape index (κ1) is 14.8. The van der Waals surface area contributed by atoms with Crippen molar-refractivity contribution in [2.45, 2.75) is 76.3 Å². The molecule has 5 atom stereocenters. The monoisotopic (exact) mass is 325 g/mol. The highest BCUT2D eigenvalue weighted by molar-refractivity contribution is 6.88. The van der Waals surface area contributed by atoms with Crippen LogP contribution < -0.4 is 5.32 Å². The SMILES string of the molecule is CC1(C)O[C@H]2O[C@H]3[C@@H]([C@H]2O1)n1nnc([Si](C)(C)C)c1C[C@H]3O. The van der Waals surface area contributed by atoms with E-state index < -0.39 is 26.3 Å². The molecule has 7 nitrogen and oxygen atoms in total. The first-order valence-electron chi connectivity index (χ1n) is 7.81. The molecule has 1 aromatic rings. The fraction of sp³-hybridized carbons (Fsp3) is 0.857. The summed E-state index contributed by atoms with van der Waals surface area (Å²) >= 11 is 0. The van der Waals surface area contributed by atoms with E-state index >= 15 is 0 Å². The molecule has 3 aliphatic heterocycles. The Balaban J connectivity index is 1.77. The maximum absolute atomic E-state index is 10.5. The van der Waals surface area contributed by atoms with Gasteiger partial charge < -0.3 is 19.3 Å². The second-order valence-corrected chi connectivity index (χ2v) is 12.9. The van der Waals surface area contributed by atoms with Gasteiger partial charge in [-0.15, -0.1) is 5.10 Å². The first-order chi connectivity index (χ1) is 10.2. The van der Waals surface area contributed by atoms with E-state index in [1.54, 1.807) is 0 Å². The molecule has 3 aliphatic rings. The second-order valence-electron chi connectivity index (χ2n) is 7.91. The van der Waals surface area contributed by atoms with Crippen molar-refractivity contribution in [1.29, 1.82) is 0 Å². The van der Waals surface area contributed by atoms with Crippen LogP contribution in [0.4, 0.5) is 0 Å². The van der Waals surface area contributed by atoms with Crippen molar-refractivity contribution in [3.63, 3.8) is 0 Å². The zero-order valence-corrected chi connectivity index (χ0v) is 14.6. The molecule has 0 bridgehead atoms. The van der Waals surface area contributed by atoms with Crippen LogP contribution in [0.3, 0.4) is 0 Å². The Labute approximate surface area is 130 Å². The quantitative estimate of drug-likeness (QED) is 0.741. The summed E-state index contributed by atoms with van der Waals surface area (Å²) in [6, 6.07) is -0.178. The second kappa shape index (κ2) is 4.39. The van der Waals surface area contributed by atoms with Gasteiger partial charge in [-0.05, 0) is 13.8 Å². The number of aliphatic hydroxyl groups is 1. The Morgan fingerprint density at radius 1 is 1.23 bits per heavy atom. The molecule has 0 unspecified atom stereocenters. The van der Waals surface area contributed by atoms with Gasteiger partial charge in [0.15, 0.2) is 12.1 Å². The maximum atomic E-state index is 10.5. The molecule has 1 aromatic heterocycles. The van der Waals surface area contributed by atoms with Gasteiger partial charge >= 0.3 is 0 Å². The third-order valence-electron chi connectivity index (χ3n) is 4.62. The summed E-state index contributed by atoms with van der Waals surface area (Å²) in [5.74, 6) is -0.676. The minimum Gasteiger partial charge on any atom is -0.390 e. The fourth-order valence-electron chi connectivity index (χ4n) is 3.75. The minimum absolute atomic E-state index is 0.178. The summed E-state index contributed by atoms with van der Waals surface area (Å²) < 4.78 is 19.6. The molecule has 1 N–H and O–H groups in total. The van der Waals surface area contributed by atoms with Crippen LogP contribution in [-0.2, 0) is 20.6 Å². The van der Waals surface area contributed by atoms with Crippen LogP contribution in [0.15, 0.2) is 0 Å². The molecule has 4 rings (SSSR count). The molecular weight excluding hydrogens is 302 g/mol. The molecule has 2 fully saturated rings. The topological polar surface area (TPSA) is 78.6 Å². The number of aliphatic hydroxyl groups excluding tert-OH is 1. The maximum Gasteiger partial charge on any atom is 0.189 e. The van der Waals surface area contributed by atoms with Gasteiger partial charge in [0.2, 0.25) is 0 Å². The van der Waals surface area contributed by atoms with Crippen LogP contribution in [0.25, 0.3) is 0 Å². The molecule has 0 aliphatic carbocycles. The standard InChI is InChI=1S/C14H23N3O4Si/c1-14(2)20-11-9-10(19-13(11)21-14)8(18)6-7-12(22(3,4)5)15-16-17(7)9/h8-11,13,18H,6H2,1-5H3/t8-,9+,10-,11-,13-/m1/s1. The number of ether oxygens (including phenoxy) is 3. The zero-order valence-electron chi connectivity index (χ0n) is 13.6. The molecule has 0 radical (unpaired) electrons. The molecule has 2 saturated heterocycles. The molecule has 4 heterocycles. The van der Waals surface area contributed by atoms with Crippen molar-refractivity contribution in [3.05, 3.63) is 5.69 Å². The molecular formula is C14H23N3O4Si. The van der Waals surface area contributed by atoms with Gasteiger partial charge in [0.25, 0.3) is 0 Å². The van der Waals surface area contributed by atoms with Crippen molar-refractivity contribution < 1.29 is 19.3 Å². The third-order valence-corrected chi connectivity index (χ3v) is 6.43. The average Bonchev–Trinajstić information content (AvgIpc) is 2.97. The molecule has 0 saturated carbocycles. The first-order valence-corrected chi connectivity index (χ1v) is 11.3. The van der Waals surface area contributed by atoms with E-state index in [2.05, 4.69) is 30.0 Å². The molecule has 8 heteroatoms. The molecule has 0 aromatic carbocycles. The van der Waals surface area contributed by atoms with Crippen molar-refractivity contribution >= 4 is 13.4 Å². The Bertz CT molecular complexity index is 612. The number of fused-ring (bicyclic) bond motifs is 5. The number of rotatable bonds is 1. The minimum atomic E-state index is -1.61. The van der Waals surface area contributed by atoms with Gasteiger partial charge in [-0.25, -0.2) is 4.68 Å². The number of nitrogens with zero attached hydrogens (tertiary/aromatic N) is 3. The van der Waals surface area contributed by atoms with E-state index in [-0.39, 0.29) is 18.2 Å². The highest BCUT2D eigenvalue weighted by atomic mass is 28.3. The lowest BCUT2D eigenvalue weighted by molar-refractivity contribution is -0.221. The number of aromatic nitrogens is 3.